The first-order valence-corrected chi connectivity index (χ1v) is 6.20. The standard InChI is InChI=1S/C14H21NO/c1-12-5-7-13(8-6-12)10-15-9-3-2-4-14(15)11-16/h5-8,14,16H,2-4,9-11H2,1H3/t14-/m1/s1. The Hall–Kier alpha value is -0.860. The molecule has 1 heterocycles. The Morgan fingerprint density at radius 2 is 2.00 bits per heavy atom. The molecule has 1 aromatic rings. The van der Waals surface area contributed by atoms with Gasteiger partial charge >= 0.3 is 0 Å². The van der Waals surface area contributed by atoms with Crippen molar-refractivity contribution in [1.82, 2.24) is 4.90 Å². The summed E-state index contributed by atoms with van der Waals surface area (Å²) in [6, 6.07) is 9.08. The Morgan fingerprint density at radius 3 is 2.69 bits per heavy atom. The number of hydrogen-bond acceptors (Lipinski definition) is 2. The third kappa shape index (κ3) is 2.83. The molecule has 1 fully saturated rings. The summed E-state index contributed by atoms with van der Waals surface area (Å²) in [5, 5.41) is 9.34. The van der Waals surface area contributed by atoms with E-state index in [-0.39, 0.29) is 0 Å². The van der Waals surface area contributed by atoms with Gasteiger partial charge in [-0.05, 0) is 31.9 Å². The number of aliphatic hydroxyl groups is 1. The maximum absolute atomic E-state index is 9.34. The lowest BCUT2D eigenvalue weighted by atomic mass is 10.0. The van der Waals surface area contributed by atoms with Crippen molar-refractivity contribution in [3.8, 4) is 0 Å². The lowest BCUT2D eigenvalue weighted by molar-refractivity contribution is 0.0841. The molecule has 0 aliphatic carbocycles. The van der Waals surface area contributed by atoms with E-state index in [1.165, 1.54) is 24.0 Å². The molecule has 0 spiro atoms. The fraction of sp³-hybridized carbons (Fsp3) is 0.571. The third-order valence-electron chi connectivity index (χ3n) is 3.47. The summed E-state index contributed by atoms with van der Waals surface area (Å²) in [6.45, 7) is 4.51. The Morgan fingerprint density at radius 1 is 1.25 bits per heavy atom. The van der Waals surface area contributed by atoms with Crippen LogP contribution in [0, 0.1) is 6.92 Å². The Balaban J connectivity index is 1.99. The van der Waals surface area contributed by atoms with Gasteiger partial charge in [-0.2, -0.15) is 0 Å². The van der Waals surface area contributed by atoms with Gasteiger partial charge in [0.05, 0.1) is 6.61 Å². The molecule has 1 aliphatic heterocycles. The van der Waals surface area contributed by atoms with Crippen LogP contribution in [-0.4, -0.2) is 29.2 Å². The number of rotatable bonds is 3. The average molecular weight is 219 g/mol. The lowest BCUT2D eigenvalue weighted by Gasteiger charge is -2.34. The van der Waals surface area contributed by atoms with Crippen molar-refractivity contribution in [1.29, 1.82) is 0 Å². The minimum atomic E-state index is 0.297. The number of aryl methyl sites for hydroxylation is 1. The monoisotopic (exact) mass is 219 g/mol. The number of benzene rings is 1. The van der Waals surface area contributed by atoms with Crippen LogP contribution in [0.25, 0.3) is 0 Å². The second kappa shape index (κ2) is 5.46. The van der Waals surface area contributed by atoms with Crippen LogP contribution < -0.4 is 0 Å². The van der Waals surface area contributed by atoms with Crippen LogP contribution in [0.3, 0.4) is 0 Å². The van der Waals surface area contributed by atoms with Crippen molar-refractivity contribution in [2.75, 3.05) is 13.2 Å². The number of likely N-dealkylation sites (tertiary alicyclic amines) is 1. The molecule has 2 heteroatoms. The Labute approximate surface area is 97.9 Å². The molecule has 1 saturated heterocycles. The molecular weight excluding hydrogens is 198 g/mol. The molecule has 0 aromatic heterocycles. The molecule has 1 N–H and O–H groups in total. The molecular formula is C14H21NO. The van der Waals surface area contributed by atoms with Gasteiger partial charge in [0.15, 0.2) is 0 Å². The summed E-state index contributed by atoms with van der Waals surface area (Å²) >= 11 is 0. The molecule has 2 rings (SSSR count). The number of nitrogens with zero attached hydrogens (tertiary/aromatic N) is 1. The molecule has 0 unspecified atom stereocenters. The molecule has 88 valence electrons. The van der Waals surface area contributed by atoms with Crippen LogP contribution in [-0.2, 0) is 6.54 Å². The minimum absolute atomic E-state index is 0.297. The third-order valence-corrected chi connectivity index (χ3v) is 3.47. The van der Waals surface area contributed by atoms with Gasteiger partial charge in [-0.25, -0.2) is 0 Å². The highest BCUT2D eigenvalue weighted by Gasteiger charge is 2.21. The molecule has 2 nitrogen and oxygen atoms in total. The lowest BCUT2D eigenvalue weighted by Crippen LogP contribution is -2.41. The zero-order valence-corrected chi connectivity index (χ0v) is 10.0. The van der Waals surface area contributed by atoms with Gasteiger partial charge in [0.1, 0.15) is 0 Å². The quantitative estimate of drug-likeness (QED) is 0.843. The van der Waals surface area contributed by atoms with E-state index in [2.05, 4.69) is 36.1 Å². The first kappa shape index (κ1) is 11.6. The van der Waals surface area contributed by atoms with Crippen molar-refractivity contribution >= 4 is 0 Å². The summed E-state index contributed by atoms with van der Waals surface area (Å²) in [5.41, 5.74) is 2.66. The Kier molecular flexibility index (Phi) is 3.97. The van der Waals surface area contributed by atoms with Gasteiger partial charge < -0.3 is 5.11 Å². The molecule has 0 amide bonds. The fourth-order valence-electron chi connectivity index (χ4n) is 2.40. The van der Waals surface area contributed by atoms with E-state index >= 15 is 0 Å². The zero-order valence-electron chi connectivity index (χ0n) is 10.0. The molecule has 0 bridgehead atoms. The van der Waals surface area contributed by atoms with Crippen LogP contribution >= 0.6 is 0 Å². The molecule has 1 aromatic carbocycles. The maximum atomic E-state index is 9.34. The minimum Gasteiger partial charge on any atom is -0.395 e. The van der Waals surface area contributed by atoms with Crippen LogP contribution in [0.15, 0.2) is 24.3 Å². The molecule has 0 radical (unpaired) electrons. The van der Waals surface area contributed by atoms with Gasteiger partial charge in [0.2, 0.25) is 0 Å². The van der Waals surface area contributed by atoms with E-state index in [0.29, 0.717) is 12.6 Å². The van der Waals surface area contributed by atoms with E-state index in [4.69, 9.17) is 0 Å². The number of piperidine rings is 1. The van der Waals surface area contributed by atoms with Gasteiger partial charge in [-0.15, -0.1) is 0 Å². The van der Waals surface area contributed by atoms with Crippen LogP contribution in [0.2, 0.25) is 0 Å². The summed E-state index contributed by atoms with van der Waals surface area (Å²) in [5.74, 6) is 0. The van der Waals surface area contributed by atoms with Crippen molar-refractivity contribution in [3.05, 3.63) is 35.4 Å². The van der Waals surface area contributed by atoms with Gasteiger partial charge in [0.25, 0.3) is 0 Å². The highest BCUT2D eigenvalue weighted by atomic mass is 16.3. The fourth-order valence-corrected chi connectivity index (χ4v) is 2.40. The Bertz CT molecular complexity index is 320. The van der Waals surface area contributed by atoms with Crippen molar-refractivity contribution < 1.29 is 5.11 Å². The number of aliphatic hydroxyl groups excluding tert-OH is 1. The molecule has 0 saturated carbocycles. The van der Waals surface area contributed by atoms with Crippen molar-refractivity contribution in [3.63, 3.8) is 0 Å². The summed E-state index contributed by atoms with van der Waals surface area (Å²) in [7, 11) is 0. The van der Waals surface area contributed by atoms with E-state index < -0.39 is 0 Å². The first-order valence-electron chi connectivity index (χ1n) is 6.20. The van der Waals surface area contributed by atoms with Gasteiger partial charge in [0, 0.05) is 12.6 Å². The van der Waals surface area contributed by atoms with Gasteiger partial charge in [-0.3, -0.25) is 4.90 Å². The molecule has 1 aliphatic rings. The SMILES string of the molecule is Cc1ccc(CN2CCCC[C@@H]2CO)cc1. The van der Waals surface area contributed by atoms with Crippen molar-refractivity contribution in [2.24, 2.45) is 0 Å². The highest BCUT2D eigenvalue weighted by Crippen LogP contribution is 2.19. The predicted octanol–water partition coefficient (Wildman–Crippen LogP) is 2.34. The first-order chi connectivity index (χ1) is 7.79. The van der Waals surface area contributed by atoms with Crippen LogP contribution in [0.5, 0.6) is 0 Å². The second-order valence-corrected chi connectivity index (χ2v) is 4.79. The van der Waals surface area contributed by atoms with E-state index in [1.807, 2.05) is 0 Å². The zero-order chi connectivity index (χ0) is 11.4. The van der Waals surface area contributed by atoms with Crippen molar-refractivity contribution in [2.45, 2.75) is 38.8 Å². The maximum Gasteiger partial charge on any atom is 0.0586 e. The normalized spacial score (nSPS) is 22.2. The summed E-state index contributed by atoms with van der Waals surface area (Å²) < 4.78 is 0. The van der Waals surface area contributed by atoms with Crippen LogP contribution in [0.4, 0.5) is 0 Å². The van der Waals surface area contributed by atoms with E-state index in [0.717, 1.165) is 19.5 Å². The second-order valence-electron chi connectivity index (χ2n) is 4.79. The number of hydrogen-bond donors (Lipinski definition) is 1. The summed E-state index contributed by atoms with van der Waals surface area (Å²) in [6.07, 6.45) is 3.67. The topological polar surface area (TPSA) is 23.5 Å². The average Bonchev–Trinajstić information content (AvgIpc) is 2.33. The molecule has 1 atom stereocenters. The van der Waals surface area contributed by atoms with E-state index in [9.17, 15) is 5.11 Å². The molecule has 16 heavy (non-hydrogen) atoms. The smallest absolute Gasteiger partial charge is 0.0586 e. The predicted molar refractivity (Wildman–Crippen MR) is 66.3 cm³/mol. The van der Waals surface area contributed by atoms with Crippen LogP contribution in [0.1, 0.15) is 30.4 Å². The highest BCUT2D eigenvalue weighted by molar-refractivity contribution is 5.21. The van der Waals surface area contributed by atoms with E-state index in [1.54, 1.807) is 0 Å². The summed E-state index contributed by atoms with van der Waals surface area (Å²) in [4.78, 5) is 2.41. The van der Waals surface area contributed by atoms with Gasteiger partial charge in [-0.1, -0.05) is 36.2 Å². The largest absolute Gasteiger partial charge is 0.395 e.